The van der Waals surface area contributed by atoms with Gasteiger partial charge >= 0.3 is 5.97 Å². The molecule has 0 aliphatic rings. The van der Waals surface area contributed by atoms with Crippen LogP contribution in [0.2, 0.25) is 5.02 Å². The predicted molar refractivity (Wildman–Crippen MR) is 105 cm³/mol. The number of nitrogens with one attached hydrogen (secondary N) is 1. The lowest BCUT2D eigenvalue weighted by Crippen LogP contribution is -2.16. The summed E-state index contributed by atoms with van der Waals surface area (Å²) in [6.45, 7) is 1.89. The second kappa shape index (κ2) is 8.33. The van der Waals surface area contributed by atoms with E-state index in [-0.39, 0.29) is 27.8 Å². The highest BCUT2D eigenvalue weighted by molar-refractivity contribution is 7.20. The number of thiophene rings is 1. The smallest absolute Gasteiger partial charge is 0.341 e. The first kappa shape index (κ1) is 19.1. The molecule has 2 aromatic carbocycles. The maximum Gasteiger partial charge on any atom is 0.341 e. The van der Waals surface area contributed by atoms with Crippen molar-refractivity contribution in [2.24, 2.45) is 0 Å². The lowest BCUT2D eigenvalue weighted by atomic mass is 10.1. The molecule has 3 rings (SSSR count). The summed E-state index contributed by atoms with van der Waals surface area (Å²) in [6.07, 6.45) is 0. The van der Waals surface area contributed by atoms with Crippen molar-refractivity contribution >= 4 is 39.8 Å². The molecule has 1 aromatic heterocycles. The van der Waals surface area contributed by atoms with E-state index in [4.69, 9.17) is 16.3 Å². The lowest BCUT2D eigenvalue weighted by molar-refractivity contribution is 0.0528. The first-order chi connectivity index (χ1) is 13.0. The second-order valence-corrected chi connectivity index (χ2v) is 6.95. The highest BCUT2D eigenvalue weighted by Gasteiger charge is 2.22. The Kier molecular flexibility index (Phi) is 5.88. The minimum Gasteiger partial charge on any atom is -0.462 e. The van der Waals surface area contributed by atoms with Gasteiger partial charge in [-0.1, -0.05) is 48.0 Å². The van der Waals surface area contributed by atoms with Gasteiger partial charge in [-0.15, -0.1) is 11.3 Å². The van der Waals surface area contributed by atoms with Gasteiger partial charge in [-0.3, -0.25) is 4.79 Å². The van der Waals surface area contributed by atoms with E-state index in [1.807, 2.05) is 30.3 Å². The Balaban J connectivity index is 1.99. The van der Waals surface area contributed by atoms with Crippen molar-refractivity contribution < 1.29 is 18.7 Å². The van der Waals surface area contributed by atoms with E-state index in [2.05, 4.69) is 5.32 Å². The van der Waals surface area contributed by atoms with Crippen molar-refractivity contribution in [1.29, 1.82) is 0 Å². The third kappa shape index (κ3) is 4.18. The summed E-state index contributed by atoms with van der Waals surface area (Å²) in [6, 6.07) is 15.0. The summed E-state index contributed by atoms with van der Waals surface area (Å²) < 4.78 is 19.1. The molecule has 1 N–H and O–H groups in total. The quantitative estimate of drug-likeness (QED) is 0.561. The maximum absolute atomic E-state index is 14.0. The average molecular weight is 404 g/mol. The topological polar surface area (TPSA) is 55.4 Å². The van der Waals surface area contributed by atoms with Crippen LogP contribution in [0.25, 0.3) is 10.4 Å². The summed E-state index contributed by atoms with van der Waals surface area (Å²) in [7, 11) is 0. The summed E-state index contributed by atoms with van der Waals surface area (Å²) in [5, 5.41) is 2.86. The molecule has 0 saturated heterocycles. The van der Waals surface area contributed by atoms with E-state index < -0.39 is 17.7 Å². The average Bonchev–Trinajstić information content (AvgIpc) is 3.06. The Morgan fingerprint density at radius 2 is 1.89 bits per heavy atom. The number of halogens is 2. The molecule has 0 aliphatic heterocycles. The van der Waals surface area contributed by atoms with Crippen molar-refractivity contribution in [2.75, 3.05) is 11.9 Å². The van der Waals surface area contributed by atoms with Crippen molar-refractivity contribution in [3.63, 3.8) is 0 Å². The molecular formula is C20H15ClFNO3S. The largest absolute Gasteiger partial charge is 0.462 e. The second-order valence-electron chi connectivity index (χ2n) is 5.49. The highest BCUT2D eigenvalue weighted by Crippen LogP contribution is 2.36. The fraction of sp³-hybridized carbons (Fsp3) is 0.100. The molecule has 0 atom stereocenters. The number of benzene rings is 2. The Morgan fingerprint density at radius 1 is 1.15 bits per heavy atom. The van der Waals surface area contributed by atoms with Gasteiger partial charge in [-0.2, -0.15) is 0 Å². The molecule has 0 unspecified atom stereocenters. The van der Waals surface area contributed by atoms with Crippen LogP contribution in [0.1, 0.15) is 27.6 Å². The fourth-order valence-corrected chi connectivity index (χ4v) is 3.76. The van der Waals surface area contributed by atoms with Gasteiger partial charge in [0.25, 0.3) is 5.91 Å². The van der Waals surface area contributed by atoms with Crippen LogP contribution in [0.15, 0.2) is 54.6 Å². The van der Waals surface area contributed by atoms with E-state index in [1.54, 1.807) is 13.0 Å². The van der Waals surface area contributed by atoms with Crippen LogP contribution in [0.5, 0.6) is 0 Å². The third-order valence-electron chi connectivity index (χ3n) is 3.70. The van der Waals surface area contributed by atoms with Gasteiger partial charge in [0.1, 0.15) is 10.8 Å². The molecule has 0 saturated carbocycles. The number of hydrogen-bond donors (Lipinski definition) is 1. The third-order valence-corrected chi connectivity index (χ3v) is 5.12. The Bertz CT molecular complexity index is 968. The van der Waals surface area contributed by atoms with Crippen molar-refractivity contribution in [2.45, 2.75) is 6.92 Å². The van der Waals surface area contributed by atoms with Gasteiger partial charge in [0.2, 0.25) is 0 Å². The molecule has 0 spiro atoms. The Morgan fingerprint density at radius 3 is 2.56 bits per heavy atom. The van der Waals surface area contributed by atoms with Crippen molar-refractivity contribution in [1.82, 2.24) is 0 Å². The molecule has 0 bridgehead atoms. The fourth-order valence-electron chi connectivity index (χ4n) is 2.47. The molecule has 27 heavy (non-hydrogen) atoms. The number of carbonyl (C=O) groups is 2. The zero-order valence-electron chi connectivity index (χ0n) is 14.3. The number of anilines is 1. The van der Waals surface area contributed by atoms with Crippen LogP contribution in [0.4, 0.5) is 9.39 Å². The van der Waals surface area contributed by atoms with Crippen LogP contribution < -0.4 is 5.32 Å². The molecule has 0 fully saturated rings. The number of hydrogen-bond acceptors (Lipinski definition) is 4. The summed E-state index contributed by atoms with van der Waals surface area (Å²) in [5.74, 6) is -2.03. The van der Waals surface area contributed by atoms with Gasteiger partial charge in [-0.05, 0) is 30.7 Å². The molecule has 3 aromatic rings. The number of ether oxygens (including phenoxy) is 1. The normalized spacial score (nSPS) is 10.5. The zero-order valence-corrected chi connectivity index (χ0v) is 15.9. The monoisotopic (exact) mass is 403 g/mol. The minimum atomic E-state index is -0.738. The summed E-state index contributed by atoms with van der Waals surface area (Å²) in [4.78, 5) is 25.6. The lowest BCUT2D eigenvalue weighted by Gasteiger charge is -2.08. The Hall–Kier alpha value is -2.70. The SMILES string of the molecule is CCOC(=O)c1cc(-c2ccccc2)sc1NC(=O)c1c(F)cccc1Cl. The highest BCUT2D eigenvalue weighted by atomic mass is 35.5. The molecule has 7 heteroatoms. The minimum absolute atomic E-state index is 0.00924. The van der Waals surface area contributed by atoms with Crippen molar-refractivity contribution in [3.8, 4) is 10.4 Å². The van der Waals surface area contributed by atoms with Crippen molar-refractivity contribution in [3.05, 3.63) is 76.6 Å². The first-order valence-corrected chi connectivity index (χ1v) is 9.32. The maximum atomic E-state index is 14.0. The van der Waals surface area contributed by atoms with E-state index in [1.165, 1.54) is 23.5 Å². The molecule has 1 amide bonds. The number of rotatable bonds is 5. The molecular weight excluding hydrogens is 389 g/mol. The van der Waals surface area contributed by atoms with E-state index in [9.17, 15) is 14.0 Å². The zero-order chi connectivity index (χ0) is 19.4. The van der Waals surface area contributed by atoms with Crippen LogP contribution in [0.3, 0.4) is 0 Å². The van der Waals surface area contributed by atoms with Crippen LogP contribution in [-0.2, 0) is 4.74 Å². The van der Waals surface area contributed by atoms with Gasteiger partial charge in [0.05, 0.1) is 22.8 Å². The standard InChI is InChI=1S/C20H15ClFNO3S/c1-2-26-20(25)13-11-16(12-7-4-3-5-8-12)27-19(13)23-18(24)17-14(21)9-6-10-15(17)22/h3-11H,2H2,1H3,(H,23,24). The van der Waals surface area contributed by atoms with Gasteiger partial charge in [0.15, 0.2) is 0 Å². The predicted octanol–water partition coefficient (Wildman–Crippen LogP) is 5.64. The summed E-state index contributed by atoms with van der Waals surface area (Å²) >= 11 is 7.16. The molecule has 4 nitrogen and oxygen atoms in total. The van der Waals surface area contributed by atoms with E-state index in [0.717, 1.165) is 16.5 Å². The Labute approximate surface area is 164 Å². The number of amides is 1. The van der Waals surface area contributed by atoms with Gasteiger partial charge in [-0.25, -0.2) is 9.18 Å². The number of carbonyl (C=O) groups excluding carboxylic acids is 2. The first-order valence-electron chi connectivity index (χ1n) is 8.13. The summed E-state index contributed by atoms with van der Waals surface area (Å²) in [5.41, 5.74) is 0.822. The number of esters is 1. The van der Waals surface area contributed by atoms with Gasteiger partial charge < -0.3 is 10.1 Å². The van der Waals surface area contributed by atoms with Gasteiger partial charge in [0, 0.05) is 4.88 Å². The molecule has 0 aliphatic carbocycles. The molecule has 138 valence electrons. The van der Waals surface area contributed by atoms with E-state index in [0.29, 0.717) is 0 Å². The van der Waals surface area contributed by atoms with Crippen LogP contribution >= 0.6 is 22.9 Å². The van der Waals surface area contributed by atoms with Crippen LogP contribution in [0, 0.1) is 5.82 Å². The van der Waals surface area contributed by atoms with E-state index >= 15 is 0 Å². The van der Waals surface area contributed by atoms with Crippen LogP contribution in [-0.4, -0.2) is 18.5 Å². The molecule has 1 heterocycles. The molecule has 0 radical (unpaired) electrons.